The average molecular weight is 354 g/mol. The van der Waals surface area contributed by atoms with Crippen LogP contribution in [0.4, 0.5) is 13.2 Å². The Labute approximate surface area is 121 Å². The second kappa shape index (κ2) is 5.54. The smallest absolute Gasteiger partial charge is 0.353 e. The van der Waals surface area contributed by atoms with E-state index in [-0.39, 0.29) is 5.02 Å². The maximum absolute atomic E-state index is 12.7. The number of alkyl halides is 3. The van der Waals surface area contributed by atoms with Gasteiger partial charge in [0.25, 0.3) is 0 Å². The number of hydrogen-bond donors (Lipinski definition) is 0. The predicted octanol–water partition coefficient (Wildman–Crippen LogP) is 4.44. The third-order valence-electron chi connectivity index (χ3n) is 2.52. The Balaban J connectivity index is 2.18. The molecule has 7 heteroatoms. The van der Waals surface area contributed by atoms with Gasteiger partial charge in [-0.25, -0.2) is 4.99 Å². The van der Waals surface area contributed by atoms with Crippen LogP contribution in [0.25, 0.3) is 0 Å². The van der Waals surface area contributed by atoms with Gasteiger partial charge in [0, 0.05) is 17.2 Å². The molecule has 19 heavy (non-hydrogen) atoms. The van der Waals surface area contributed by atoms with Crippen LogP contribution in [0.1, 0.15) is 11.1 Å². The third-order valence-corrected chi connectivity index (χ3v) is 3.31. The highest BCUT2D eigenvalue weighted by atomic mass is 79.9. The Morgan fingerprint density at radius 3 is 2.74 bits per heavy atom. The molecule has 0 spiro atoms. The van der Waals surface area contributed by atoms with Gasteiger partial charge in [-0.3, -0.25) is 0 Å². The molecule has 0 N–H and O–H groups in total. The van der Waals surface area contributed by atoms with E-state index in [1.54, 1.807) is 23.5 Å². The second-order valence-electron chi connectivity index (χ2n) is 4.06. The molecule has 0 radical (unpaired) electrons. The van der Waals surface area contributed by atoms with Crippen molar-refractivity contribution in [2.24, 2.45) is 4.99 Å². The van der Waals surface area contributed by atoms with Crippen molar-refractivity contribution in [2.75, 3.05) is 6.54 Å². The molecule has 0 amide bonds. The molecule has 1 aliphatic rings. The molecule has 0 fully saturated rings. The molecule has 2 nitrogen and oxygen atoms in total. The minimum absolute atomic E-state index is 0.287. The fraction of sp³-hybridized carbons (Fsp3) is 0.250. The molecule has 0 aliphatic carbocycles. The molecule has 0 bridgehead atoms. The summed E-state index contributed by atoms with van der Waals surface area (Å²) in [6.07, 6.45) is -1.20. The topological polar surface area (TPSA) is 15.6 Å². The predicted molar refractivity (Wildman–Crippen MR) is 72.4 cm³/mol. The van der Waals surface area contributed by atoms with E-state index < -0.39 is 11.7 Å². The van der Waals surface area contributed by atoms with Crippen LogP contribution in [0.2, 0.25) is 5.02 Å². The minimum Gasteiger partial charge on any atom is -0.353 e. The van der Waals surface area contributed by atoms with Gasteiger partial charge in [-0.1, -0.05) is 33.6 Å². The monoisotopic (exact) mass is 352 g/mol. The molecule has 0 aromatic heterocycles. The molecule has 0 saturated carbocycles. The summed E-state index contributed by atoms with van der Waals surface area (Å²) in [4.78, 5) is 5.77. The first-order chi connectivity index (χ1) is 8.86. The summed E-state index contributed by atoms with van der Waals surface area (Å²) in [5.74, 6) is 0. The summed E-state index contributed by atoms with van der Waals surface area (Å²) in [5, 5.41) is -0.287. The number of rotatable bonds is 2. The van der Waals surface area contributed by atoms with E-state index in [1.807, 2.05) is 0 Å². The Bertz CT molecular complexity index is 540. The van der Waals surface area contributed by atoms with Gasteiger partial charge in [-0.05, 0) is 17.7 Å². The van der Waals surface area contributed by atoms with Gasteiger partial charge in [0.1, 0.15) is 0 Å². The van der Waals surface area contributed by atoms with Crippen LogP contribution in [-0.4, -0.2) is 17.8 Å². The molecule has 1 aromatic rings. The lowest BCUT2D eigenvalue weighted by Crippen LogP contribution is -2.25. The van der Waals surface area contributed by atoms with E-state index in [4.69, 9.17) is 11.6 Å². The molecular formula is C12H9BrClF3N2. The number of nitrogens with zero attached hydrogens (tertiary/aromatic N) is 2. The van der Waals surface area contributed by atoms with E-state index in [0.29, 0.717) is 18.7 Å². The fourth-order valence-electron chi connectivity index (χ4n) is 1.70. The average Bonchev–Trinajstić information content (AvgIpc) is 2.30. The second-order valence-corrected chi connectivity index (χ2v) is 5.48. The van der Waals surface area contributed by atoms with Gasteiger partial charge in [-0.2, -0.15) is 13.2 Å². The maximum Gasteiger partial charge on any atom is 0.417 e. The van der Waals surface area contributed by atoms with Crippen molar-refractivity contribution in [3.8, 4) is 0 Å². The Morgan fingerprint density at radius 2 is 2.11 bits per heavy atom. The van der Waals surface area contributed by atoms with E-state index in [2.05, 4.69) is 20.9 Å². The van der Waals surface area contributed by atoms with Gasteiger partial charge in [0.15, 0.2) is 0 Å². The van der Waals surface area contributed by atoms with Crippen molar-refractivity contribution >= 4 is 33.9 Å². The molecule has 1 aliphatic heterocycles. The highest BCUT2D eigenvalue weighted by Gasteiger charge is 2.33. The minimum atomic E-state index is -4.44. The summed E-state index contributed by atoms with van der Waals surface area (Å²) < 4.78 is 39.1. The third kappa shape index (κ3) is 3.73. The highest BCUT2D eigenvalue weighted by molar-refractivity contribution is 9.11. The van der Waals surface area contributed by atoms with Crippen LogP contribution in [0, 0.1) is 0 Å². The number of benzene rings is 1. The zero-order chi connectivity index (χ0) is 14.0. The van der Waals surface area contributed by atoms with Crippen LogP contribution >= 0.6 is 27.5 Å². The number of hydrogen-bond acceptors (Lipinski definition) is 2. The molecule has 0 saturated heterocycles. The Morgan fingerprint density at radius 1 is 1.37 bits per heavy atom. The van der Waals surface area contributed by atoms with Crippen molar-refractivity contribution in [1.82, 2.24) is 4.90 Å². The van der Waals surface area contributed by atoms with Crippen molar-refractivity contribution in [1.29, 1.82) is 0 Å². The molecule has 1 heterocycles. The summed E-state index contributed by atoms with van der Waals surface area (Å²) in [5.41, 5.74) is -0.277. The number of aliphatic imine (C=N–C) groups is 1. The maximum atomic E-state index is 12.7. The molecule has 2 rings (SSSR count). The number of halogens is 5. The normalized spacial score (nSPS) is 15.6. The summed E-state index contributed by atoms with van der Waals surface area (Å²) in [6, 6.07) is 3.92. The lowest BCUT2D eigenvalue weighted by Gasteiger charge is -2.22. The molecule has 0 atom stereocenters. The van der Waals surface area contributed by atoms with Gasteiger partial charge in [0.05, 0.1) is 23.5 Å². The summed E-state index contributed by atoms with van der Waals surface area (Å²) in [7, 11) is 0. The molecular weight excluding hydrogens is 344 g/mol. The van der Waals surface area contributed by atoms with Gasteiger partial charge < -0.3 is 4.90 Å². The zero-order valence-electron chi connectivity index (χ0n) is 9.59. The van der Waals surface area contributed by atoms with Crippen molar-refractivity contribution in [3.05, 3.63) is 45.0 Å². The first kappa shape index (κ1) is 14.4. The van der Waals surface area contributed by atoms with E-state index in [0.717, 1.165) is 10.5 Å². The zero-order valence-corrected chi connectivity index (χ0v) is 11.9. The Hall–Kier alpha value is -1.01. The van der Waals surface area contributed by atoms with Crippen molar-refractivity contribution in [2.45, 2.75) is 12.7 Å². The van der Waals surface area contributed by atoms with Crippen LogP contribution in [0.5, 0.6) is 0 Å². The first-order valence-electron chi connectivity index (χ1n) is 5.34. The SMILES string of the molecule is FC(F)(F)c1cc(CN2C=NC=C(Br)C2)ccc1Cl. The lowest BCUT2D eigenvalue weighted by molar-refractivity contribution is -0.137. The molecule has 1 aromatic carbocycles. The van der Waals surface area contributed by atoms with Crippen LogP contribution in [0.15, 0.2) is 33.9 Å². The largest absolute Gasteiger partial charge is 0.417 e. The lowest BCUT2D eigenvalue weighted by atomic mass is 10.1. The summed E-state index contributed by atoms with van der Waals surface area (Å²) in [6.45, 7) is 0.917. The quantitative estimate of drug-likeness (QED) is 0.767. The van der Waals surface area contributed by atoms with Gasteiger partial charge in [-0.15, -0.1) is 0 Å². The highest BCUT2D eigenvalue weighted by Crippen LogP contribution is 2.35. The standard InChI is InChI=1S/C12H9BrClF3N2/c13-9-4-18-7-19(6-9)5-8-1-2-11(14)10(3-8)12(15,16)17/h1-4,7H,5-6H2. The van der Waals surface area contributed by atoms with E-state index >= 15 is 0 Å². The molecule has 102 valence electrons. The van der Waals surface area contributed by atoms with Crippen LogP contribution in [-0.2, 0) is 12.7 Å². The Kier molecular flexibility index (Phi) is 4.20. The van der Waals surface area contributed by atoms with Crippen LogP contribution in [0.3, 0.4) is 0 Å². The fourth-order valence-corrected chi connectivity index (χ4v) is 2.37. The van der Waals surface area contributed by atoms with Crippen LogP contribution < -0.4 is 0 Å². The van der Waals surface area contributed by atoms with E-state index in [9.17, 15) is 13.2 Å². The van der Waals surface area contributed by atoms with Gasteiger partial charge >= 0.3 is 6.18 Å². The van der Waals surface area contributed by atoms with Gasteiger partial charge in [0.2, 0.25) is 0 Å². The summed E-state index contributed by atoms with van der Waals surface area (Å²) >= 11 is 8.87. The van der Waals surface area contributed by atoms with Crippen molar-refractivity contribution < 1.29 is 13.2 Å². The van der Waals surface area contributed by atoms with Crippen molar-refractivity contribution in [3.63, 3.8) is 0 Å². The first-order valence-corrected chi connectivity index (χ1v) is 6.51. The van der Waals surface area contributed by atoms with E-state index in [1.165, 1.54) is 6.07 Å². The molecule has 0 unspecified atom stereocenters.